The van der Waals surface area contributed by atoms with Gasteiger partial charge in [-0.15, -0.1) is 0 Å². The zero-order valence-corrected chi connectivity index (χ0v) is 9.77. The zero-order valence-electron chi connectivity index (χ0n) is 9.01. The molecule has 0 spiro atoms. The van der Waals surface area contributed by atoms with Gasteiger partial charge in [0.05, 0.1) is 7.11 Å². The molecule has 0 radical (unpaired) electrons. The van der Waals surface area contributed by atoms with Crippen LogP contribution in [0.5, 0.6) is 11.5 Å². The molecule has 0 aliphatic heterocycles. The average molecular weight is 230 g/mol. The molecule has 0 amide bonds. The van der Waals surface area contributed by atoms with Crippen LogP contribution in [0.25, 0.3) is 0 Å². The Morgan fingerprint density at radius 1 is 1.53 bits per heavy atom. The van der Waals surface area contributed by atoms with Crippen molar-refractivity contribution >= 4 is 11.6 Å². The van der Waals surface area contributed by atoms with Gasteiger partial charge in [0.15, 0.2) is 11.5 Å². The number of benzene rings is 1. The highest BCUT2D eigenvalue weighted by molar-refractivity contribution is 6.31. The lowest BCUT2D eigenvalue weighted by molar-refractivity contribution is 0.368. The Hall–Kier alpha value is -0.930. The van der Waals surface area contributed by atoms with E-state index in [1.54, 1.807) is 0 Å². The van der Waals surface area contributed by atoms with Crippen LogP contribution in [0.3, 0.4) is 0 Å². The summed E-state index contributed by atoms with van der Waals surface area (Å²) in [5.74, 6) is 0.588. The van der Waals surface area contributed by atoms with Gasteiger partial charge in [-0.25, -0.2) is 0 Å². The highest BCUT2D eigenvalue weighted by atomic mass is 35.5. The molecule has 0 saturated heterocycles. The number of halogens is 1. The summed E-state index contributed by atoms with van der Waals surface area (Å²) in [6.45, 7) is 2.52. The molecule has 15 heavy (non-hydrogen) atoms. The first-order chi connectivity index (χ1) is 7.11. The van der Waals surface area contributed by atoms with E-state index in [1.165, 1.54) is 13.2 Å². The number of aromatic hydroxyl groups is 1. The molecule has 0 aromatic heterocycles. The van der Waals surface area contributed by atoms with Crippen molar-refractivity contribution in [3.8, 4) is 11.5 Å². The monoisotopic (exact) mass is 229 g/mol. The van der Waals surface area contributed by atoms with Gasteiger partial charge in [0.1, 0.15) is 0 Å². The van der Waals surface area contributed by atoms with Crippen LogP contribution in [0.15, 0.2) is 6.07 Å². The Labute approximate surface area is 94.8 Å². The lowest BCUT2D eigenvalue weighted by atomic mass is 10.0. The first kappa shape index (κ1) is 12.1. The molecule has 3 nitrogen and oxygen atoms in total. The van der Waals surface area contributed by atoms with Crippen LogP contribution in [0, 0.1) is 6.92 Å². The van der Waals surface area contributed by atoms with E-state index in [1.807, 2.05) is 6.92 Å². The van der Waals surface area contributed by atoms with Crippen molar-refractivity contribution in [2.45, 2.75) is 19.8 Å². The van der Waals surface area contributed by atoms with Crippen LogP contribution in [0.4, 0.5) is 0 Å². The van der Waals surface area contributed by atoms with Crippen LogP contribution in [-0.4, -0.2) is 18.8 Å². The maximum absolute atomic E-state index is 9.66. The third-order valence-electron chi connectivity index (χ3n) is 2.42. The average Bonchev–Trinajstić information content (AvgIpc) is 2.21. The smallest absolute Gasteiger partial charge is 0.164 e. The van der Waals surface area contributed by atoms with Crippen LogP contribution in [-0.2, 0) is 6.42 Å². The van der Waals surface area contributed by atoms with Crippen LogP contribution in [0.2, 0.25) is 5.02 Å². The van der Waals surface area contributed by atoms with Crippen molar-refractivity contribution in [3.63, 3.8) is 0 Å². The molecule has 4 heteroatoms. The second kappa shape index (κ2) is 5.24. The molecule has 1 aromatic rings. The van der Waals surface area contributed by atoms with Crippen molar-refractivity contribution < 1.29 is 9.84 Å². The molecule has 84 valence electrons. The molecule has 0 bridgehead atoms. The summed E-state index contributed by atoms with van der Waals surface area (Å²) >= 11 is 5.98. The molecule has 0 atom stereocenters. The SMILES string of the molecule is COc1c(O)cc(Cl)c(C)c1CCCN. The van der Waals surface area contributed by atoms with Gasteiger partial charge in [-0.3, -0.25) is 0 Å². The van der Waals surface area contributed by atoms with Gasteiger partial charge in [0.2, 0.25) is 0 Å². The third-order valence-corrected chi connectivity index (χ3v) is 2.81. The second-order valence-corrected chi connectivity index (χ2v) is 3.81. The van der Waals surface area contributed by atoms with Crippen LogP contribution in [0.1, 0.15) is 17.5 Å². The first-order valence-electron chi connectivity index (χ1n) is 4.86. The second-order valence-electron chi connectivity index (χ2n) is 3.41. The Morgan fingerprint density at radius 3 is 2.73 bits per heavy atom. The van der Waals surface area contributed by atoms with E-state index in [0.717, 1.165) is 24.0 Å². The summed E-state index contributed by atoms with van der Waals surface area (Å²) in [5, 5.41) is 10.2. The summed E-state index contributed by atoms with van der Waals surface area (Å²) in [7, 11) is 1.54. The van der Waals surface area contributed by atoms with Gasteiger partial charge in [0, 0.05) is 16.7 Å². The van der Waals surface area contributed by atoms with E-state index < -0.39 is 0 Å². The van der Waals surface area contributed by atoms with Gasteiger partial charge >= 0.3 is 0 Å². The fourth-order valence-corrected chi connectivity index (χ4v) is 1.79. The predicted molar refractivity (Wildman–Crippen MR) is 61.8 cm³/mol. The lowest BCUT2D eigenvalue weighted by Crippen LogP contribution is -2.03. The fraction of sp³-hybridized carbons (Fsp3) is 0.455. The summed E-state index contributed by atoms with van der Waals surface area (Å²) in [5.41, 5.74) is 7.34. The van der Waals surface area contributed by atoms with E-state index in [-0.39, 0.29) is 5.75 Å². The molecule has 0 aliphatic carbocycles. The molecule has 0 saturated carbocycles. The summed E-state index contributed by atoms with van der Waals surface area (Å²) < 4.78 is 5.16. The first-order valence-corrected chi connectivity index (χ1v) is 5.24. The number of methoxy groups -OCH3 is 1. The number of hydrogen-bond donors (Lipinski definition) is 2. The molecule has 0 heterocycles. The molecular weight excluding hydrogens is 214 g/mol. The van der Waals surface area contributed by atoms with Gasteiger partial charge in [-0.1, -0.05) is 11.6 Å². The summed E-state index contributed by atoms with van der Waals surface area (Å²) in [6.07, 6.45) is 1.61. The Balaban J connectivity index is 3.18. The van der Waals surface area contributed by atoms with E-state index in [4.69, 9.17) is 22.1 Å². The van der Waals surface area contributed by atoms with Gasteiger partial charge in [-0.2, -0.15) is 0 Å². The maximum atomic E-state index is 9.66. The van der Waals surface area contributed by atoms with Crippen molar-refractivity contribution in [1.29, 1.82) is 0 Å². The topological polar surface area (TPSA) is 55.5 Å². The summed E-state index contributed by atoms with van der Waals surface area (Å²) in [4.78, 5) is 0. The number of phenols is 1. The highest BCUT2D eigenvalue weighted by Gasteiger charge is 2.14. The zero-order chi connectivity index (χ0) is 11.4. The molecule has 0 aliphatic rings. The Kier molecular flexibility index (Phi) is 4.24. The molecule has 3 N–H and O–H groups in total. The fourth-order valence-electron chi connectivity index (χ4n) is 1.57. The third kappa shape index (κ3) is 2.55. The number of ether oxygens (including phenoxy) is 1. The normalized spacial score (nSPS) is 10.4. The Morgan fingerprint density at radius 2 is 2.20 bits per heavy atom. The van der Waals surface area contributed by atoms with E-state index in [2.05, 4.69) is 0 Å². The van der Waals surface area contributed by atoms with E-state index in [0.29, 0.717) is 17.3 Å². The van der Waals surface area contributed by atoms with Gasteiger partial charge in [-0.05, 0) is 31.9 Å². The minimum Gasteiger partial charge on any atom is -0.504 e. The number of nitrogens with two attached hydrogens (primary N) is 1. The number of rotatable bonds is 4. The maximum Gasteiger partial charge on any atom is 0.164 e. The van der Waals surface area contributed by atoms with Gasteiger partial charge < -0.3 is 15.6 Å². The highest BCUT2D eigenvalue weighted by Crippen LogP contribution is 2.37. The van der Waals surface area contributed by atoms with E-state index in [9.17, 15) is 5.11 Å². The standard InChI is InChI=1S/C11H16ClNO2/c1-7-8(4-3-5-13)11(15-2)10(14)6-9(7)12/h6,14H,3-5,13H2,1-2H3. The van der Waals surface area contributed by atoms with Crippen LogP contribution >= 0.6 is 11.6 Å². The van der Waals surface area contributed by atoms with Crippen molar-refractivity contribution in [2.24, 2.45) is 5.73 Å². The van der Waals surface area contributed by atoms with Crippen LogP contribution < -0.4 is 10.5 Å². The minimum absolute atomic E-state index is 0.0834. The van der Waals surface area contributed by atoms with Gasteiger partial charge in [0.25, 0.3) is 0 Å². The quantitative estimate of drug-likeness (QED) is 0.833. The molecule has 0 unspecified atom stereocenters. The minimum atomic E-state index is 0.0834. The largest absolute Gasteiger partial charge is 0.504 e. The molecular formula is C11H16ClNO2. The van der Waals surface area contributed by atoms with Crippen molar-refractivity contribution in [3.05, 3.63) is 22.2 Å². The van der Waals surface area contributed by atoms with Crippen molar-refractivity contribution in [1.82, 2.24) is 0 Å². The van der Waals surface area contributed by atoms with Crippen molar-refractivity contribution in [2.75, 3.05) is 13.7 Å². The molecule has 0 fully saturated rings. The Bertz CT molecular complexity index is 353. The number of hydrogen-bond acceptors (Lipinski definition) is 3. The predicted octanol–water partition coefficient (Wildman–Crippen LogP) is 2.25. The lowest BCUT2D eigenvalue weighted by Gasteiger charge is -2.14. The summed E-state index contributed by atoms with van der Waals surface area (Å²) in [6, 6.07) is 1.50. The number of phenolic OH excluding ortho intramolecular Hbond substituents is 1. The molecule has 1 aromatic carbocycles. The van der Waals surface area contributed by atoms with E-state index >= 15 is 0 Å². The molecule has 1 rings (SSSR count).